The number of piperidine rings is 1. The summed E-state index contributed by atoms with van der Waals surface area (Å²) in [7, 11) is 0. The normalized spacial score (nSPS) is 28.4. The molecule has 1 atom stereocenters. The highest BCUT2D eigenvalue weighted by atomic mass is 19.1. The molecule has 0 radical (unpaired) electrons. The minimum Gasteiger partial charge on any atom is -0.379 e. The minimum atomic E-state index is -0.247. The van der Waals surface area contributed by atoms with Gasteiger partial charge in [0.25, 0.3) is 0 Å². The third-order valence-corrected chi connectivity index (χ3v) is 4.04. The summed E-state index contributed by atoms with van der Waals surface area (Å²) in [5.41, 5.74) is 0.0959. The van der Waals surface area contributed by atoms with Crippen LogP contribution in [0.2, 0.25) is 0 Å². The molecule has 3 rings (SSSR count). The highest BCUT2D eigenvalue weighted by Gasteiger charge is 2.36. The van der Waals surface area contributed by atoms with Crippen LogP contribution in [0.25, 0.3) is 0 Å². The molecule has 0 amide bonds. The Morgan fingerprint density at radius 3 is 3.21 bits per heavy atom. The molecular weight excluding hydrogens is 245 g/mol. The molecule has 1 spiro atoms. The van der Waals surface area contributed by atoms with Gasteiger partial charge in [0.05, 0.1) is 13.2 Å². The Labute approximate surface area is 113 Å². The number of pyridine rings is 1. The number of halogens is 1. The molecule has 5 heteroatoms. The van der Waals surface area contributed by atoms with Crippen LogP contribution in [-0.2, 0) is 4.74 Å². The van der Waals surface area contributed by atoms with E-state index in [9.17, 15) is 4.39 Å². The maximum absolute atomic E-state index is 13.9. The Morgan fingerprint density at radius 1 is 1.47 bits per heavy atom. The highest BCUT2D eigenvalue weighted by Crippen LogP contribution is 2.31. The summed E-state index contributed by atoms with van der Waals surface area (Å²) in [5, 5.41) is 3.44. The van der Waals surface area contributed by atoms with Crippen molar-refractivity contribution >= 4 is 5.82 Å². The Bertz CT molecular complexity index is 434. The number of rotatable bonds is 1. The second-order valence-corrected chi connectivity index (χ2v) is 5.56. The zero-order chi connectivity index (χ0) is 13.1. The van der Waals surface area contributed by atoms with Crippen molar-refractivity contribution in [1.29, 1.82) is 0 Å². The van der Waals surface area contributed by atoms with Gasteiger partial charge in [-0.05, 0) is 31.5 Å². The zero-order valence-electron chi connectivity index (χ0n) is 11.1. The molecule has 3 heterocycles. The van der Waals surface area contributed by atoms with Crippen LogP contribution in [0, 0.1) is 11.2 Å². The molecular formula is C14H20FN3O. The molecule has 4 nitrogen and oxygen atoms in total. The summed E-state index contributed by atoms with van der Waals surface area (Å²) in [4.78, 5) is 6.23. The van der Waals surface area contributed by atoms with Gasteiger partial charge in [0, 0.05) is 31.2 Å². The molecule has 2 aliphatic rings. The zero-order valence-corrected chi connectivity index (χ0v) is 11.1. The van der Waals surface area contributed by atoms with Crippen LogP contribution in [0.1, 0.15) is 12.8 Å². The number of nitrogens with one attached hydrogen (secondary N) is 1. The van der Waals surface area contributed by atoms with E-state index in [2.05, 4.69) is 10.3 Å². The monoisotopic (exact) mass is 265 g/mol. The molecule has 1 N–H and O–H groups in total. The molecule has 1 unspecified atom stereocenters. The lowest BCUT2D eigenvalue weighted by Gasteiger charge is -2.39. The van der Waals surface area contributed by atoms with Crippen LogP contribution < -0.4 is 10.2 Å². The Hall–Kier alpha value is -1.20. The summed E-state index contributed by atoms with van der Waals surface area (Å²) in [6.45, 7) is 4.92. The van der Waals surface area contributed by atoms with Gasteiger partial charge in [0.15, 0.2) is 11.6 Å². The van der Waals surface area contributed by atoms with Crippen molar-refractivity contribution < 1.29 is 9.13 Å². The first-order chi connectivity index (χ1) is 9.29. The average molecular weight is 265 g/mol. The molecule has 0 bridgehead atoms. The Kier molecular flexibility index (Phi) is 3.66. The minimum absolute atomic E-state index is 0.0959. The number of anilines is 1. The van der Waals surface area contributed by atoms with E-state index in [0.29, 0.717) is 19.0 Å². The van der Waals surface area contributed by atoms with Crippen LogP contribution >= 0.6 is 0 Å². The van der Waals surface area contributed by atoms with Crippen molar-refractivity contribution in [2.24, 2.45) is 5.41 Å². The van der Waals surface area contributed by atoms with E-state index in [1.54, 1.807) is 12.3 Å². The Balaban J connectivity index is 1.83. The van der Waals surface area contributed by atoms with Gasteiger partial charge in [-0.1, -0.05) is 0 Å². The summed E-state index contributed by atoms with van der Waals surface area (Å²) in [6, 6.07) is 3.10. The van der Waals surface area contributed by atoms with Crippen molar-refractivity contribution in [3.05, 3.63) is 24.1 Å². The number of hydrogen-bond donors (Lipinski definition) is 1. The first kappa shape index (κ1) is 12.8. The molecule has 0 saturated carbocycles. The van der Waals surface area contributed by atoms with Gasteiger partial charge in [0.1, 0.15) is 0 Å². The molecule has 19 heavy (non-hydrogen) atoms. The van der Waals surface area contributed by atoms with Gasteiger partial charge >= 0.3 is 0 Å². The van der Waals surface area contributed by atoms with Crippen molar-refractivity contribution in [2.75, 3.05) is 44.3 Å². The molecule has 0 aromatic carbocycles. The van der Waals surface area contributed by atoms with E-state index in [1.165, 1.54) is 6.07 Å². The van der Waals surface area contributed by atoms with Gasteiger partial charge in [-0.25, -0.2) is 9.37 Å². The largest absolute Gasteiger partial charge is 0.379 e. The van der Waals surface area contributed by atoms with Crippen molar-refractivity contribution in [3.8, 4) is 0 Å². The van der Waals surface area contributed by atoms with Gasteiger partial charge in [0.2, 0.25) is 0 Å². The molecule has 2 fully saturated rings. The summed E-state index contributed by atoms with van der Waals surface area (Å²) < 4.78 is 19.6. The van der Waals surface area contributed by atoms with Gasteiger partial charge in [-0.3, -0.25) is 0 Å². The summed E-state index contributed by atoms with van der Waals surface area (Å²) in [5.74, 6) is 0.210. The third kappa shape index (κ3) is 2.72. The number of nitrogens with zero attached hydrogens (tertiary/aromatic N) is 2. The number of aromatic nitrogens is 1. The van der Waals surface area contributed by atoms with Crippen molar-refractivity contribution in [1.82, 2.24) is 10.3 Å². The average Bonchev–Trinajstić information content (AvgIpc) is 2.63. The van der Waals surface area contributed by atoms with E-state index >= 15 is 0 Å². The lowest BCUT2D eigenvalue weighted by molar-refractivity contribution is 0.0536. The van der Waals surface area contributed by atoms with Crippen LogP contribution in [0.5, 0.6) is 0 Å². The molecule has 104 valence electrons. The fourth-order valence-corrected chi connectivity index (χ4v) is 3.07. The quantitative estimate of drug-likeness (QED) is 0.833. The van der Waals surface area contributed by atoms with Crippen LogP contribution in [0.4, 0.5) is 10.2 Å². The van der Waals surface area contributed by atoms with E-state index in [0.717, 1.165) is 39.1 Å². The highest BCUT2D eigenvalue weighted by molar-refractivity contribution is 5.40. The van der Waals surface area contributed by atoms with Crippen LogP contribution in [0.15, 0.2) is 18.3 Å². The predicted octanol–water partition coefficient (Wildman–Crippen LogP) is 1.43. The third-order valence-electron chi connectivity index (χ3n) is 4.04. The fraction of sp³-hybridized carbons (Fsp3) is 0.643. The van der Waals surface area contributed by atoms with Crippen molar-refractivity contribution in [2.45, 2.75) is 12.8 Å². The maximum atomic E-state index is 13.9. The van der Waals surface area contributed by atoms with Crippen molar-refractivity contribution in [3.63, 3.8) is 0 Å². The van der Waals surface area contributed by atoms with E-state index in [1.807, 2.05) is 4.90 Å². The predicted molar refractivity (Wildman–Crippen MR) is 71.8 cm³/mol. The molecule has 1 aromatic heterocycles. The Morgan fingerprint density at radius 2 is 2.42 bits per heavy atom. The second kappa shape index (κ2) is 5.43. The molecule has 2 aliphatic heterocycles. The standard InChI is InChI=1S/C14H20FN3O/c15-12-3-1-6-17-13(12)18-7-8-19-11-14(10-18)4-2-5-16-9-14/h1,3,6,16H,2,4-5,7-11H2. The summed E-state index contributed by atoms with van der Waals surface area (Å²) >= 11 is 0. The maximum Gasteiger partial charge on any atom is 0.165 e. The SMILES string of the molecule is Fc1cccnc1N1CCOCC2(CCCNC2)C1. The number of ether oxygens (including phenoxy) is 1. The van der Waals surface area contributed by atoms with Gasteiger partial charge < -0.3 is 15.0 Å². The first-order valence-corrected chi connectivity index (χ1v) is 6.93. The van der Waals surface area contributed by atoms with E-state index < -0.39 is 0 Å². The number of hydrogen-bond acceptors (Lipinski definition) is 4. The summed E-state index contributed by atoms with van der Waals surface area (Å²) in [6.07, 6.45) is 3.93. The van der Waals surface area contributed by atoms with E-state index in [4.69, 9.17) is 4.74 Å². The second-order valence-electron chi connectivity index (χ2n) is 5.56. The van der Waals surface area contributed by atoms with Gasteiger partial charge in [-0.2, -0.15) is 0 Å². The topological polar surface area (TPSA) is 37.4 Å². The lowest BCUT2D eigenvalue weighted by Crippen LogP contribution is -2.49. The fourth-order valence-electron chi connectivity index (χ4n) is 3.07. The van der Waals surface area contributed by atoms with E-state index in [-0.39, 0.29) is 11.2 Å². The molecule has 1 aromatic rings. The van der Waals surface area contributed by atoms with Gasteiger partial charge in [-0.15, -0.1) is 0 Å². The lowest BCUT2D eigenvalue weighted by atomic mass is 9.81. The van der Waals surface area contributed by atoms with Crippen LogP contribution in [0.3, 0.4) is 0 Å². The smallest absolute Gasteiger partial charge is 0.165 e. The molecule has 2 saturated heterocycles. The molecule has 0 aliphatic carbocycles. The van der Waals surface area contributed by atoms with Crippen LogP contribution in [-0.4, -0.2) is 44.4 Å². The first-order valence-electron chi connectivity index (χ1n) is 6.93.